The molecule has 8 aromatic rings. The van der Waals surface area contributed by atoms with Gasteiger partial charge >= 0.3 is 0 Å². The van der Waals surface area contributed by atoms with Crippen molar-refractivity contribution >= 4 is 44.5 Å². The van der Waals surface area contributed by atoms with Gasteiger partial charge in [0, 0.05) is 33.9 Å². The Balaban J connectivity index is 1.11. The second-order valence-electron chi connectivity index (χ2n) is 17.1. The second-order valence-corrected chi connectivity index (χ2v) is 17.1. The Morgan fingerprint density at radius 3 is 1.92 bits per heavy atom. The van der Waals surface area contributed by atoms with Gasteiger partial charge in [-0.15, -0.1) is 0 Å². The van der Waals surface area contributed by atoms with Crippen LogP contribution in [0.25, 0.3) is 66.5 Å². The van der Waals surface area contributed by atoms with Crippen molar-refractivity contribution in [1.29, 1.82) is 0 Å². The minimum atomic E-state index is -0.120. The van der Waals surface area contributed by atoms with Crippen LogP contribution in [0.1, 0.15) is 50.8 Å². The summed E-state index contributed by atoms with van der Waals surface area (Å²) in [4.78, 5) is 2.29. The number of anilines is 2. The molecule has 7 aromatic carbocycles. The molecule has 0 aliphatic heterocycles. The number of rotatable bonds is 10. The van der Waals surface area contributed by atoms with Gasteiger partial charge in [-0.05, 0) is 110 Å². The molecule has 1 unspecified atom stereocenters. The summed E-state index contributed by atoms with van der Waals surface area (Å²) in [5.41, 5.74) is 16.9. The van der Waals surface area contributed by atoms with Gasteiger partial charge in [-0.25, -0.2) is 0 Å². The Morgan fingerprint density at radius 2 is 1.25 bits per heavy atom. The quantitative estimate of drug-likeness (QED) is 0.128. The maximum atomic E-state index is 6.50. The summed E-state index contributed by atoms with van der Waals surface area (Å²) in [6, 6.07) is 58.9. The van der Waals surface area contributed by atoms with Crippen LogP contribution >= 0.6 is 0 Å². The van der Waals surface area contributed by atoms with Crippen LogP contribution in [0.4, 0.5) is 11.4 Å². The van der Waals surface area contributed by atoms with Crippen molar-refractivity contribution in [2.24, 2.45) is 5.92 Å². The largest absolute Gasteiger partial charge is 0.455 e. The summed E-state index contributed by atoms with van der Waals surface area (Å²) >= 11 is 0. The fourth-order valence-electron chi connectivity index (χ4n) is 8.45. The highest BCUT2D eigenvalue weighted by Crippen LogP contribution is 2.40. The molecule has 0 amide bonds. The third-order valence-electron chi connectivity index (χ3n) is 11.8. The highest BCUT2D eigenvalue weighted by molar-refractivity contribution is 6.08. The first-order valence-electron chi connectivity index (χ1n) is 21.3. The van der Waals surface area contributed by atoms with Gasteiger partial charge in [-0.2, -0.15) is 0 Å². The zero-order valence-electron chi connectivity index (χ0n) is 35.5. The standard InChI is InChI=1S/C59H51NO/c1-6-13-48(53-17-12-18-55-54-16-10-11-19-57(54)61-58(53)55)38-39-60(50-34-32-47(33-35-50)45-26-24-44(25-27-45)42-14-8-7-9-15-42)51-36-37-52(56(40-51)59(3,4)5)49-30-28-46(29-31-49)43-22-20-41(2)21-23-43/h6-20,22-41H,1,21H2,2-5H3/b39-38-,48-13+. The van der Waals surface area contributed by atoms with Gasteiger partial charge < -0.3 is 9.32 Å². The van der Waals surface area contributed by atoms with Crippen LogP contribution < -0.4 is 4.90 Å². The van der Waals surface area contributed by atoms with Crippen molar-refractivity contribution in [2.45, 2.75) is 39.5 Å². The molecule has 0 spiro atoms. The zero-order valence-corrected chi connectivity index (χ0v) is 35.5. The molecule has 9 rings (SSSR count). The van der Waals surface area contributed by atoms with Crippen LogP contribution in [0, 0.1) is 5.92 Å². The van der Waals surface area contributed by atoms with E-state index >= 15 is 0 Å². The Hall–Kier alpha value is -7.16. The Kier molecular flexibility index (Phi) is 10.8. The molecule has 2 heteroatoms. The number of allylic oxidation sites excluding steroid dienone is 8. The molecular weight excluding hydrogens is 739 g/mol. The van der Waals surface area contributed by atoms with E-state index in [0.717, 1.165) is 50.9 Å². The highest BCUT2D eigenvalue weighted by Gasteiger charge is 2.22. The molecule has 1 aromatic heterocycles. The molecule has 0 N–H and O–H groups in total. The molecule has 2 nitrogen and oxygen atoms in total. The normalized spacial score (nSPS) is 14.5. The van der Waals surface area contributed by atoms with E-state index in [1.54, 1.807) is 0 Å². The summed E-state index contributed by atoms with van der Waals surface area (Å²) in [5, 5.41) is 2.21. The SMILES string of the molecule is C=C/C=C(\C=C/N(c1ccc(-c2ccc(-c3ccccc3)cc2)cc1)c1ccc(-c2ccc(C3=CCC(C)C=C3)cc2)c(C(C)(C)C)c1)c1cccc2c1oc1ccccc12. The maximum absolute atomic E-state index is 6.50. The third kappa shape index (κ3) is 8.23. The molecule has 0 fully saturated rings. The van der Waals surface area contributed by atoms with Crippen LogP contribution in [0.2, 0.25) is 0 Å². The molecule has 1 atom stereocenters. The topological polar surface area (TPSA) is 16.4 Å². The first-order chi connectivity index (χ1) is 29.7. The molecule has 0 radical (unpaired) electrons. The van der Waals surface area contributed by atoms with Crippen molar-refractivity contribution in [2.75, 3.05) is 4.90 Å². The van der Waals surface area contributed by atoms with Gasteiger partial charge in [0.1, 0.15) is 11.2 Å². The molecule has 0 bridgehead atoms. The van der Waals surface area contributed by atoms with Crippen LogP contribution in [0.15, 0.2) is 217 Å². The minimum Gasteiger partial charge on any atom is -0.455 e. The summed E-state index contributed by atoms with van der Waals surface area (Å²) in [6.45, 7) is 13.3. The van der Waals surface area contributed by atoms with E-state index < -0.39 is 0 Å². The lowest BCUT2D eigenvalue weighted by Crippen LogP contribution is -2.15. The number of furan rings is 1. The van der Waals surface area contributed by atoms with Crippen molar-refractivity contribution < 1.29 is 4.42 Å². The van der Waals surface area contributed by atoms with Gasteiger partial charge in [0.15, 0.2) is 0 Å². The van der Waals surface area contributed by atoms with Crippen LogP contribution in [-0.2, 0) is 5.41 Å². The van der Waals surface area contributed by atoms with E-state index in [1.165, 1.54) is 50.1 Å². The number of fused-ring (bicyclic) bond motifs is 3. The van der Waals surface area contributed by atoms with Crippen molar-refractivity contribution in [3.05, 3.63) is 230 Å². The average molecular weight is 790 g/mol. The number of nitrogens with zero attached hydrogens (tertiary/aromatic N) is 1. The minimum absolute atomic E-state index is 0.120. The van der Waals surface area contributed by atoms with E-state index in [0.29, 0.717) is 5.92 Å². The van der Waals surface area contributed by atoms with E-state index in [4.69, 9.17) is 4.42 Å². The molecular formula is C59H51NO. The van der Waals surface area contributed by atoms with E-state index in [9.17, 15) is 0 Å². The van der Waals surface area contributed by atoms with Crippen LogP contribution in [0.3, 0.4) is 0 Å². The fraction of sp³-hybridized carbons (Fsp3) is 0.119. The molecule has 298 valence electrons. The smallest absolute Gasteiger partial charge is 0.143 e. The van der Waals surface area contributed by atoms with E-state index in [2.05, 4.69) is 227 Å². The predicted octanol–water partition coefficient (Wildman–Crippen LogP) is 16.8. The van der Waals surface area contributed by atoms with Gasteiger partial charge in [0.25, 0.3) is 0 Å². The van der Waals surface area contributed by atoms with Gasteiger partial charge in [0.05, 0.1) is 0 Å². The molecule has 0 saturated heterocycles. The Morgan fingerprint density at radius 1 is 0.639 bits per heavy atom. The number of hydrogen-bond acceptors (Lipinski definition) is 2. The van der Waals surface area contributed by atoms with Crippen LogP contribution in [0.5, 0.6) is 0 Å². The number of para-hydroxylation sites is 2. The van der Waals surface area contributed by atoms with Crippen LogP contribution in [-0.4, -0.2) is 0 Å². The molecule has 0 saturated carbocycles. The molecule has 1 heterocycles. The monoisotopic (exact) mass is 789 g/mol. The third-order valence-corrected chi connectivity index (χ3v) is 11.8. The van der Waals surface area contributed by atoms with E-state index in [-0.39, 0.29) is 5.41 Å². The predicted molar refractivity (Wildman–Crippen MR) is 262 cm³/mol. The zero-order chi connectivity index (χ0) is 41.9. The lowest BCUT2D eigenvalue weighted by atomic mass is 9.81. The van der Waals surface area contributed by atoms with Crippen molar-refractivity contribution in [1.82, 2.24) is 0 Å². The van der Waals surface area contributed by atoms with E-state index in [1.807, 2.05) is 18.2 Å². The maximum Gasteiger partial charge on any atom is 0.143 e. The summed E-state index contributed by atoms with van der Waals surface area (Å²) < 4.78 is 6.50. The van der Waals surface area contributed by atoms with Crippen molar-refractivity contribution in [3.63, 3.8) is 0 Å². The van der Waals surface area contributed by atoms with Gasteiger partial charge in [-0.3, -0.25) is 0 Å². The lowest BCUT2D eigenvalue weighted by Gasteiger charge is -2.28. The van der Waals surface area contributed by atoms with Crippen molar-refractivity contribution in [3.8, 4) is 33.4 Å². The highest BCUT2D eigenvalue weighted by atomic mass is 16.3. The average Bonchev–Trinajstić information content (AvgIpc) is 3.68. The number of hydrogen-bond donors (Lipinski definition) is 0. The fourth-order valence-corrected chi connectivity index (χ4v) is 8.45. The Labute approximate surface area is 360 Å². The van der Waals surface area contributed by atoms with Gasteiger partial charge in [-0.1, -0.05) is 198 Å². The summed E-state index contributed by atoms with van der Waals surface area (Å²) in [5.74, 6) is 0.594. The lowest BCUT2D eigenvalue weighted by molar-refractivity contribution is 0.592. The number of benzene rings is 7. The molecule has 1 aliphatic rings. The second kappa shape index (κ2) is 16.8. The molecule has 1 aliphatic carbocycles. The summed E-state index contributed by atoms with van der Waals surface area (Å²) in [7, 11) is 0. The first-order valence-corrected chi connectivity index (χ1v) is 21.3. The first kappa shape index (κ1) is 39.3. The summed E-state index contributed by atoms with van der Waals surface area (Å²) in [6.07, 6.45) is 16.3. The molecule has 61 heavy (non-hydrogen) atoms. The Bertz CT molecular complexity index is 2970. The van der Waals surface area contributed by atoms with Gasteiger partial charge in [0.2, 0.25) is 0 Å².